The summed E-state index contributed by atoms with van der Waals surface area (Å²) in [5, 5.41) is 2.86. The second-order valence-electron chi connectivity index (χ2n) is 21.5. The van der Waals surface area contributed by atoms with E-state index in [0.29, 0.717) is 57.9 Å². The van der Waals surface area contributed by atoms with Crippen molar-refractivity contribution in [1.29, 1.82) is 0 Å². The molecular weight excluding hydrogens is 989 g/mol. The maximum Gasteiger partial charge on any atom is 0.407 e. The van der Waals surface area contributed by atoms with E-state index in [2.05, 4.69) is 43.5 Å². The van der Waals surface area contributed by atoms with Crippen molar-refractivity contribution < 1.29 is 57.2 Å². The minimum Gasteiger partial charge on any atom is -0.465 e. The summed E-state index contributed by atoms with van der Waals surface area (Å²) in [7, 11) is 0. The zero-order valence-electron chi connectivity index (χ0n) is 49.1. The number of nitrogens with one attached hydrogen (secondary N) is 1. The van der Waals surface area contributed by atoms with Crippen molar-refractivity contribution in [3.05, 3.63) is 50.6 Å². The monoisotopic (exact) mass is 1100 g/mol. The van der Waals surface area contributed by atoms with Gasteiger partial charge in [0, 0.05) is 45.2 Å². The summed E-state index contributed by atoms with van der Waals surface area (Å²) in [5.41, 5.74) is 0. The first-order valence-corrected chi connectivity index (χ1v) is 31.0. The third-order valence-corrected chi connectivity index (χ3v) is 14.3. The highest BCUT2D eigenvalue weighted by molar-refractivity contribution is 5.71. The van der Waals surface area contributed by atoms with E-state index in [1.54, 1.807) is 0 Å². The van der Waals surface area contributed by atoms with Crippen LogP contribution in [0.2, 0.25) is 0 Å². The zero-order chi connectivity index (χ0) is 56.9. The summed E-state index contributed by atoms with van der Waals surface area (Å²) >= 11 is 0. The van der Waals surface area contributed by atoms with Gasteiger partial charge in [0.25, 0.3) is 0 Å². The average molecular weight is 1100 g/mol. The van der Waals surface area contributed by atoms with Gasteiger partial charge in [-0.15, -0.1) is 26.3 Å². The lowest BCUT2D eigenvalue weighted by molar-refractivity contribution is -0.154. The third-order valence-electron chi connectivity index (χ3n) is 14.3. The lowest BCUT2D eigenvalue weighted by Gasteiger charge is -2.20. The van der Waals surface area contributed by atoms with Gasteiger partial charge in [0.15, 0.2) is 0 Å². The molecule has 1 aliphatic rings. The van der Waals surface area contributed by atoms with Gasteiger partial charge in [0.2, 0.25) is 0 Å². The highest BCUT2D eigenvalue weighted by Gasteiger charge is 2.22. The number of rotatable bonds is 55. The number of ether oxygens (including phenoxy) is 6. The molecule has 1 N–H and O–H groups in total. The maximum absolute atomic E-state index is 13.1. The molecule has 0 aromatic carbocycles. The Hall–Kier alpha value is -4.46. The number of hydrogen-bond acceptors (Lipinski definition) is 13. The van der Waals surface area contributed by atoms with Gasteiger partial charge in [-0.1, -0.05) is 82.6 Å². The molecule has 0 aromatic rings. The summed E-state index contributed by atoms with van der Waals surface area (Å²) in [6.07, 6.45) is 37.3. The topological polar surface area (TPSA) is 173 Å². The predicted molar refractivity (Wildman–Crippen MR) is 313 cm³/mol. The highest BCUT2D eigenvalue weighted by Crippen LogP contribution is 2.20. The van der Waals surface area contributed by atoms with Crippen LogP contribution in [-0.2, 0) is 52.4 Å². The van der Waals surface area contributed by atoms with E-state index >= 15 is 0 Å². The molecule has 1 aliphatic heterocycles. The van der Waals surface area contributed by atoms with Crippen molar-refractivity contribution in [2.24, 2.45) is 5.92 Å². The van der Waals surface area contributed by atoms with Gasteiger partial charge in [-0.05, 0) is 174 Å². The van der Waals surface area contributed by atoms with Crippen molar-refractivity contribution in [3.8, 4) is 0 Å². The number of likely N-dealkylation sites (tertiary alicyclic amines) is 1. The van der Waals surface area contributed by atoms with Gasteiger partial charge in [-0.2, -0.15) is 0 Å². The minimum atomic E-state index is -0.613. The van der Waals surface area contributed by atoms with Crippen LogP contribution in [-0.4, -0.2) is 105 Å². The molecule has 0 spiro atoms. The first-order chi connectivity index (χ1) is 38.0. The molecule has 1 atom stereocenters. The smallest absolute Gasteiger partial charge is 0.407 e. The Morgan fingerprint density at radius 3 is 1.15 bits per heavy atom. The van der Waals surface area contributed by atoms with Gasteiger partial charge >= 0.3 is 35.9 Å². The second-order valence-corrected chi connectivity index (χ2v) is 21.5. The van der Waals surface area contributed by atoms with Gasteiger partial charge in [0.05, 0.1) is 5.92 Å². The van der Waals surface area contributed by atoms with Gasteiger partial charge in [-0.25, -0.2) is 4.79 Å². The number of carbonyl (C=O) groups is 6. The summed E-state index contributed by atoms with van der Waals surface area (Å²) in [6, 6.07) is 0. The van der Waals surface area contributed by atoms with Crippen molar-refractivity contribution in [3.63, 3.8) is 0 Å². The van der Waals surface area contributed by atoms with E-state index < -0.39 is 36.0 Å². The largest absolute Gasteiger partial charge is 0.465 e. The Kier molecular flexibility index (Phi) is 47.7. The summed E-state index contributed by atoms with van der Waals surface area (Å²) in [6.45, 7) is 20.3. The van der Waals surface area contributed by atoms with Crippen LogP contribution in [0, 0.1) is 5.92 Å². The lowest BCUT2D eigenvalue weighted by Crippen LogP contribution is -2.35. The fraction of sp³-hybridized carbons (Fsp3) is 0.781. The Labute approximate surface area is 473 Å². The van der Waals surface area contributed by atoms with Crippen LogP contribution in [0.25, 0.3) is 0 Å². The molecule has 1 saturated heterocycles. The average Bonchev–Trinajstić information content (AvgIpc) is 3.95. The molecule has 1 amide bonds. The van der Waals surface area contributed by atoms with Crippen LogP contribution in [0.4, 0.5) is 4.79 Å². The van der Waals surface area contributed by atoms with Crippen LogP contribution in [0.1, 0.15) is 251 Å². The molecule has 14 nitrogen and oxygen atoms in total. The molecule has 14 heteroatoms. The van der Waals surface area contributed by atoms with Crippen molar-refractivity contribution in [1.82, 2.24) is 10.2 Å². The van der Waals surface area contributed by atoms with Crippen LogP contribution in [0.5, 0.6) is 0 Å². The molecule has 78 heavy (non-hydrogen) atoms. The van der Waals surface area contributed by atoms with Crippen molar-refractivity contribution in [2.45, 2.75) is 269 Å². The normalized spacial score (nSPS) is 12.8. The molecule has 0 aliphatic carbocycles. The first kappa shape index (κ1) is 71.6. The number of hydrogen-bond donors (Lipinski definition) is 1. The molecule has 1 unspecified atom stereocenters. The molecule has 0 aromatic heterocycles. The SMILES string of the molecule is C=CCCCCCC(CCCCCC=C)OC(=O)CCCCCC(=O)OCC(COC(=O)CCCCCC(=O)OC(CCCCCC=C)CCCCCC=C)COC(=O)CCC(CCCCC)OC(=O)NCCN1CCCC1. The molecule has 1 heterocycles. The van der Waals surface area contributed by atoms with E-state index in [4.69, 9.17) is 28.4 Å². The van der Waals surface area contributed by atoms with Crippen molar-refractivity contribution in [2.75, 3.05) is 46.0 Å². The Morgan fingerprint density at radius 2 is 0.769 bits per heavy atom. The molecule has 0 saturated carbocycles. The van der Waals surface area contributed by atoms with E-state index in [1.165, 1.54) is 12.8 Å². The number of amides is 1. The number of carbonyl (C=O) groups excluding carboxylic acids is 6. The van der Waals surface area contributed by atoms with Crippen LogP contribution < -0.4 is 5.32 Å². The summed E-state index contributed by atoms with van der Waals surface area (Å²) < 4.78 is 34.5. The number of unbranched alkanes of at least 4 members (excludes halogenated alkanes) is 18. The summed E-state index contributed by atoms with van der Waals surface area (Å²) in [4.78, 5) is 79.7. The number of esters is 5. The predicted octanol–water partition coefficient (Wildman–Crippen LogP) is 15.1. The van der Waals surface area contributed by atoms with E-state index in [0.717, 1.165) is 167 Å². The summed E-state index contributed by atoms with van der Waals surface area (Å²) in [5.74, 6) is -2.38. The molecule has 1 fully saturated rings. The Balaban J connectivity index is 2.73. The van der Waals surface area contributed by atoms with Gasteiger partial charge in [-0.3, -0.25) is 24.0 Å². The molecule has 0 radical (unpaired) electrons. The third kappa shape index (κ3) is 44.4. The van der Waals surface area contributed by atoms with E-state index in [-0.39, 0.29) is 76.1 Å². The van der Waals surface area contributed by atoms with Gasteiger partial charge in [0.1, 0.15) is 38.1 Å². The molecule has 448 valence electrons. The lowest BCUT2D eigenvalue weighted by atomic mass is 10.0. The number of nitrogens with zero attached hydrogens (tertiary/aromatic N) is 1. The number of alkyl carbamates (subject to hydrolysis) is 1. The van der Waals surface area contributed by atoms with Crippen molar-refractivity contribution >= 4 is 35.9 Å². The van der Waals surface area contributed by atoms with Crippen LogP contribution >= 0.6 is 0 Å². The second kappa shape index (κ2) is 51.9. The fourth-order valence-corrected chi connectivity index (χ4v) is 9.47. The maximum atomic E-state index is 13.1. The Bertz CT molecular complexity index is 1480. The minimum absolute atomic E-state index is 0.0188. The zero-order valence-corrected chi connectivity index (χ0v) is 49.1. The standard InChI is InChI=1S/C64H110N2O12/c1-6-11-16-20-27-38-56(39-28-21-17-12-7-2)76-62(70)44-33-24-31-42-59(67)73-52-55(54-75-61(69)47-46-58(37-26-15-10-5)78-64(72)65-48-51-66-49-35-36-50-66)53-74-60(68)43-32-25-34-45-63(71)77-57(40-29-22-18-13-8-3)41-30-23-19-14-9-4/h6-9,55-58H,1-4,10-54H2,5H3,(H,65,72). The van der Waals surface area contributed by atoms with Crippen LogP contribution in [0.15, 0.2) is 50.6 Å². The quantitative estimate of drug-likeness (QED) is 0.0264. The van der Waals surface area contributed by atoms with E-state index in [9.17, 15) is 28.8 Å². The molecule has 1 rings (SSSR count). The first-order valence-electron chi connectivity index (χ1n) is 31.0. The Morgan fingerprint density at radius 1 is 0.423 bits per heavy atom. The highest BCUT2D eigenvalue weighted by atomic mass is 16.6. The molecular formula is C64H110N2O12. The van der Waals surface area contributed by atoms with Gasteiger partial charge < -0.3 is 38.6 Å². The van der Waals surface area contributed by atoms with E-state index in [1.807, 2.05) is 24.3 Å². The van der Waals surface area contributed by atoms with Crippen LogP contribution in [0.3, 0.4) is 0 Å². The fourth-order valence-electron chi connectivity index (χ4n) is 9.47. The molecule has 0 bridgehead atoms. The number of allylic oxidation sites excluding steroid dienone is 4.